The molecule has 3 rings (SSSR count). The fraction of sp³-hybridized carbons (Fsp3) is 0.516. The topological polar surface area (TPSA) is 231 Å². The van der Waals surface area contributed by atoms with Crippen molar-refractivity contribution in [3.8, 4) is 0 Å². The first-order valence-electron chi connectivity index (χ1n) is 15.4. The van der Waals surface area contributed by atoms with Gasteiger partial charge in [0, 0.05) is 41.6 Å². The van der Waals surface area contributed by atoms with Crippen LogP contribution in [0.5, 0.6) is 0 Å². The zero-order valence-electron chi connectivity index (χ0n) is 25.9. The average molecular weight is 751 g/mol. The molecule has 0 unspecified atom stereocenters. The van der Waals surface area contributed by atoms with E-state index in [1.165, 1.54) is 19.4 Å². The lowest BCUT2D eigenvalue weighted by Gasteiger charge is -2.28. The Labute approximate surface area is 281 Å². The lowest BCUT2D eigenvalue weighted by Crippen LogP contribution is -2.59. The van der Waals surface area contributed by atoms with E-state index in [1.54, 1.807) is 0 Å². The lowest BCUT2D eigenvalue weighted by molar-refractivity contribution is -0.134. The van der Waals surface area contributed by atoms with E-state index in [4.69, 9.17) is 11.5 Å². The number of nitrogens with one attached hydrogen (secondary N) is 5. The zero-order valence-corrected chi connectivity index (χ0v) is 28.0. The average Bonchev–Trinajstić information content (AvgIpc) is 3.52. The van der Waals surface area contributed by atoms with Crippen molar-refractivity contribution in [3.63, 3.8) is 0 Å². The van der Waals surface area contributed by atoms with Gasteiger partial charge in [-0.1, -0.05) is 44.2 Å². The van der Waals surface area contributed by atoms with Crippen LogP contribution in [0, 0.1) is 9.49 Å². The van der Waals surface area contributed by atoms with Gasteiger partial charge in [-0.15, -0.1) is 0 Å². The number of halogens is 1. The molecule has 0 radical (unpaired) electrons. The molecule has 1 aromatic carbocycles. The number of carbonyl (C=O) groups excluding carboxylic acids is 6. The second-order valence-corrected chi connectivity index (χ2v) is 12.9. The van der Waals surface area contributed by atoms with E-state index < -0.39 is 59.6 Å². The van der Waals surface area contributed by atoms with Gasteiger partial charge in [-0.2, -0.15) is 0 Å². The summed E-state index contributed by atoms with van der Waals surface area (Å²) in [4.78, 5) is 83.4. The Bertz CT molecular complexity index is 1350. The van der Waals surface area contributed by atoms with Gasteiger partial charge < -0.3 is 37.7 Å². The fourth-order valence-electron chi connectivity index (χ4n) is 5.51. The van der Waals surface area contributed by atoms with Gasteiger partial charge in [-0.05, 0) is 59.0 Å². The molecule has 1 aliphatic rings. The molecule has 4 atom stereocenters. The van der Waals surface area contributed by atoms with Gasteiger partial charge in [-0.3, -0.25) is 28.8 Å². The van der Waals surface area contributed by atoms with Gasteiger partial charge in [0.2, 0.25) is 35.4 Å². The summed E-state index contributed by atoms with van der Waals surface area (Å²) in [5, 5.41) is 10.6. The minimum atomic E-state index is -1.28. The first kappa shape index (κ1) is 36.4. The van der Waals surface area contributed by atoms with Crippen LogP contribution in [0.2, 0.25) is 0 Å². The summed E-state index contributed by atoms with van der Waals surface area (Å²) in [5.74, 6) is -3.61. The summed E-state index contributed by atoms with van der Waals surface area (Å²) in [6.45, 7) is 1.26. The number of amides is 6. The minimum Gasteiger partial charge on any atom is -0.370 e. The fourth-order valence-corrected chi connectivity index (χ4v) is 5.87. The first-order chi connectivity index (χ1) is 21.9. The van der Waals surface area contributed by atoms with E-state index >= 15 is 0 Å². The molecule has 0 spiro atoms. The standard InChI is InChI=1S/C31H43IN8O6/c1-18(41)37-26(15-22-16-35-17-36-22)31(46)38-23(11-12-27(33)42)29(44)40-25(14-20-7-9-21(32)10-8-20)30(45)39-24(28(34)43)13-19-5-3-2-4-6-19/h7-10,16-17,19,23-26H,2-6,11-15H2,1H3,(H2,33,42)(H2,34,43)(H,35,36)(H,37,41)(H,38,46)(H,39,45)(H,40,44)/t23-,24-,25+,26-/m0/s1. The molecule has 14 nitrogen and oxygen atoms in total. The number of imidazole rings is 1. The number of primary amides is 2. The van der Waals surface area contributed by atoms with Gasteiger partial charge in [0.1, 0.15) is 24.2 Å². The monoisotopic (exact) mass is 750 g/mol. The Hall–Kier alpha value is -4.02. The second kappa shape index (κ2) is 18.2. The maximum Gasteiger partial charge on any atom is 0.243 e. The third kappa shape index (κ3) is 12.4. The van der Waals surface area contributed by atoms with Crippen LogP contribution in [0.15, 0.2) is 36.8 Å². The number of nitrogens with two attached hydrogens (primary N) is 2. The Kier molecular flexibility index (Phi) is 14.4. The van der Waals surface area contributed by atoms with Crippen molar-refractivity contribution in [2.75, 3.05) is 0 Å². The van der Waals surface area contributed by atoms with E-state index in [0.29, 0.717) is 12.1 Å². The highest BCUT2D eigenvalue weighted by Gasteiger charge is 2.32. The summed E-state index contributed by atoms with van der Waals surface area (Å²) < 4.78 is 0.978. The quantitative estimate of drug-likeness (QED) is 0.113. The summed E-state index contributed by atoms with van der Waals surface area (Å²) in [6.07, 6.45) is 8.22. The van der Waals surface area contributed by atoms with Gasteiger partial charge in [-0.25, -0.2) is 4.98 Å². The maximum absolute atomic E-state index is 13.7. The molecular weight excluding hydrogens is 707 g/mol. The highest BCUT2D eigenvalue weighted by Crippen LogP contribution is 2.27. The number of hydrogen-bond acceptors (Lipinski definition) is 7. The molecule has 0 aliphatic heterocycles. The van der Waals surface area contributed by atoms with Crippen LogP contribution in [-0.2, 0) is 41.6 Å². The van der Waals surface area contributed by atoms with E-state index in [-0.39, 0.29) is 31.6 Å². The molecule has 46 heavy (non-hydrogen) atoms. The number of aromatic amines is 1. The summed E-state index contributed by atoms with van der Waals surface area (Å²) in [5.41, 5.74) is 12.3. The van der Waals surface area contributed by atoms with Crippen molar-refractivity contribution < 1.29 is 28.8 Å². The Morgan fingerprint density at radius 1 is 0.848 bits per heavy atom. The predicted molar refractivity (Wildman–Crippen MR) is 177 cm³/mol. The molecule has 9 N–H and O–H groups in total. The Morgan fingerprint density at radius 3 is 2.00 bits per heavy atom. The van der Waals surface area contributed by atoms with Crippen LogP contribution in [-0.4, -0.2) is 69.6 Å². The van der Waals surface area contributed by atoms with E-state index in [0.717, 1.165) is 41.2 Å². The van der Waals surface area contributed by atoms with Gasteiger partial charge >= 0.3 is 0 Å². The lowest BCUT2D eigenvalue weighted by atomic mass is 9.84. The van der Waals surface area contributed by atoms with Crippen molar-refractivity contribution in [1.82, 2.24) is 31.2 Å². The zero-order chi connectivity index (χ0) is 33.6. The molecule has 0 saturated heterocycles. The molecule has 1 aromatic heterocycles. The van der Waals surface area contributed by atoms with Gasteiger partial charge in [0.05, 0.1) is 6.33 Å². The van der Waals surface area contributed by atoms with Crippen molar-refractivity contribution >= 4 is 58.0 Å². The molecule has 0 bridgehead atoms. The van der Waals surface area contributed by atoms with E-state index in [2.05, 4.69) is 53.8 Å². The number of H-pyrrole nitrogens is 1. The molecular formula is C31H43IN8O6. The number of nitrogens with zero attached hydrogens (tertiary/aromatic N) is 1. The van der Waals surface area contributed by atoms with Crippen LogP contribution in [0.25, 0.3) is 0 Å². The Balaban J connectivity index is 1.81. The van der Waals surface area contributed by atoms with Crippen molar-refractivity contribution in [2.24, 2.45) is 17.4 Å². The number of rotatable bonds is 17. The summed E-state index contributed by atoms with van der Waals surface area (Å²) in [7, 11) is 0. The SMILES string of the molecule is CC(=O)N[C@@H](Cc1cnc[nH]1)C(=O)N[C@@H](CCC(N)=O)C(=O)N[C@H](Cc1ccc(I)cc1)C(=O)N[C@@H](CC1CCCCC1)C(N)=O. The van der Waals surface area contributed by atoms with Crippen molar-refractivity contribution in [1.29, 1.82) is 0 Å². The van der Waals surface area contributed by atoms with Crippen LogP contribution < -0.4 is 32.7 Å². The second-order valence-electron chi connectivity index (χ2n) is 11.7. The van der Waals surface area contributed by atoms with Crippen LogP contribution in [0.4, 0.5) is 0 Å². The first-order valence-corrected chi connectivity index (χ1v) is 16.5. The summed E-state index contributed by atoms with van der Waals surface area (Å²) in [6, 6.07) is 2.95. The molecule has 1 aliphatic carbocycles. The number of benzene rings is 1. The van der Waals surface area contributed by atoms with Crippen LogP contribution in [0.3, 0.4) is 0 Å². The van der Waals surface area contributed by atoms with Crippen molar-refractivity contribution in [3.05, 3.63) is 51.6 Å². The summed E-state index contributed by atoms with van der Waals surface area (Å²) >= 11 is 2.16. The normalized spacial score (nSPS) is 15.9. The molecule has 250 valence electrons. The van der Waals surface area contributed by atoms with E-state index in [1.807, 2.05) is 24.3 Å². The van der Waals surface area contributed by atoms with Gasteiger partial charge in [0.25, 0.3) is 0 Å². The number of carbonyl (C=O) groups is 6. The maximum atomic E-state index is 13.7. The highest BCUT2D eigenvalue weighted by atomic mass is 127. The minimum absolute atomic E-state index is 0.0584. The number of hydrogen-bond donors (Lipinski definition) is 7. The molecule has 15 heteroatoms. The highest BCUT2D eigenvalue weighted by molar-refractivity contribution is 14.1. The molecule has 1 fully saturated rings. The van der Waals surface area contributed by atoms with Crippen LogP contribution >= 0.6 is 22.6 Å². The van der Waals surface area contributed by atoms with Gasteiger partial charge in [0.15, 0.2) is 0 Å². The van der Waals surface area contributed by atoms with Crippen LogP contribution in [0.1, 0.15) is 69.5 Å². The molecule has 6 amide bonds. The van der Waals surface area contributed by atoms with E-state index in [9.17, 15) is 28.8 Å². The molecule has 1 saturated carbocycles. The number of aromatic nitrogens is 2. The molecule has 2 aromatic rings. The molecule has 1 heterocycles. The largest absolute Gasteiger partial charge is 0.370 e. The predicted octanol–water partition coefficient (Wildman–Crippen LogP) is 0.480. The smallest absolute Gasteiger partial charge is 0.243 e. The van der Waals surface area contributed by atoms with Crippen molar-refractivity contribution in [2.45, 2.75) is 95.3 Å². The Morgan fingerprint density at radius 2 is 1.43 bits per heavy atom. The third-order valence-electron chi connectivity index (χ3n) is 7.93. The third-order valence-corrected chi connectivity index (χ3v) is 8.64.